The Morgan fingerprint density at radius 1 is 1.14 bits per heavy atom. The zero-order chi connectivity index (χ0) is 26.4. The molecule has 7 nitrogen and oxygen atoms in total. The van der Waals surface area contributed by atoms with Crippen LogP contribution in [0, 0.1) is 15.5 Å². The number of nitro groups is 1. The van der Waals surface area contributed by atoms with Crippen molar-refractivity contribution < 1.29 is 27.7 Å². The van der Waals surface area contributed by atoms with Crippen LogP contribution in [0.2, 0.25) is 0 Å². The van der Waals surface area contributed by atoms with Gasteiger partial charge in [-0.25, -0.2) is 0 Å². The Labute approximate surface area is 205 Å². The summed E-state index contributed by atoms with van der Waals surface area (Å²) >= 11 is 0. The van der Waals surface area contributed by atoms with Gasteiger partial charge in [0.25, 0.3) is 11.6 Å². The first-order valence-electron chi connectivity index (χ1n) is 11.2. The largest absolute Gasteiger partial charge is 0.416 e. The first kappa shape index (κ1) is 25.2. The van der Waals surface area contributed by atoms with Gasteiger partial charge in [0.05, 0.1) is 10.5 Å². The van der Waals surface area contributed by atoms with Crippen LogP contribution in [0.15, 0.2) is 71.1 Å². The molecule has 2 aromatic rings. The first-order valence-corrected chi connectivity index (χ1v) is 11.2. The Balaban J connectivity index is 1.78. The third kappa shape index (κ3) is 4.89. The SMILES string of the molecule is CC1=C(C(=O)Nc2cccc(C(F)(F)F)c2)[C@@H](c2ccc([N+](=O)[O-])cc2)C2=C(CC(C)(C)CC2=O)N1. The highest BCUT2D eigenvalue weighted by molar-refractivity contribution is 6.10. The van der Waals surface area contributed by atoms with Gasteiger partial charge in [0.2, 0.25) is 0 Å². The number of nitrogens with zero attached hydrogens (tertiary/aromatic N) is 1. The molecule has 2 N–H and O–H groups in total. The summed E-state index contributed by atoms with van der Waals surface area (Å²) in [6, 6.07) is 9.87. The molecule has 1 atom stereocenters. The van der Waals surface area contributed by atoms with Gasteiger partial charge in [0, 0.05) is 52.7 Å². The molecule has 1 aliphatic heterocycles. The van der Waals surface area contributed by atoms with E-state index in [-0.39, 0.29) is 34.6 Å². The molecule has 0 radical (unpaired) electrons. The Hall–Kier alpha value is -3.95. The zero-order valence-electron chi connectivity index (χ0n) is 19.8. The molecule has 188 valence electrons. The van der Waals surface area contributed by atoms with Crippen molar-refractivity contribution in [3.05, 3.63) is 92.3 Å². The molecular weight excluding hydrogens is 475 g/mol. The van der Waals surface area contributed by atoms with Crippen molar-refractivity contribution in [3.8, 4) is 0 Å². The van der Waals surface area contributed by atoms with Crippen LogP contribution in [0.3, 0.4) is 0 Å². The minimum absolute atomic E-state index is 0.0477. The molecule has 2 aliphatic rings. The van der Waals surface area contributed by atoms with Gasteiger partial charge < -0.3 is 10.6 Å². The number of dihydropyridines is 1. The highest BCUT2D eigenvalue weighted by atomic mass is 19.4. The first-order chi connectivity index (χ1) is 16.8. The fourth-order valence-electron chi connectivity index (χ4n) is 4.83. The number of rotatable bonds is 4. The fraction of sp³-hybridized carbons (Fsp3) is 0.308. The van der Waals surface area contributed by atoms with E-state index in [9.17, 15) is 32.9 Å². The summed E-state index contributed by atoms with van der Waals surface area (Å²) in [4.78, 5) is 37.4. The topological polar surface area (TPSA) is 101 Å². The lowest BCUT2D eigenvalue weighted by molar-refractivity contribution is -0.384. The summed E-state index contributed by atoms with van der Waals surface area (Å²) < 4.78 is 39.5. The number of benzene rings is 2. The molecule has 4 rings (SSSR count). The van der Waals surface area contributed by atoms with Gasteiger partial charge in [-0.2, -0.15) is 13.2 Å². The number of alkyl halides is 3. The van der Waals surface area contributed by atoms with Crippen LogP contribution in [0.4, 0.5) is 24.5 Å². The number of halogens is 3. The minimum Gasteiger partial charge on any atom is -0.362 e. The number of non-ortho nitro benzene ring substituents is 1. The molecule has 1 heterocycles. The molecule has 0 fully saturated rings. The van der Waals surface area contributed by atoms with Crippen LogP contribution < -0.4 is 10.6 Å². The lowest BCUT2D eigenvalue weighted by atomic mass is 9.68. The summed E-state index contributed by atoms with van der Waals surface area (Å²) in [5.74, 6) is -1.67. The number of nitrogens with one attached hydrogen (secondary N) is 2. The van der Waals surface area contributed by atoms with Gasteiger partial charge in [0.15, 0.2) is 5.78 Å². The maximum atomic E-state index is 13.5. The summed E-state index contributed by atoms with van der Waals surface area (Å²) in [5, 5.41) is 16.9. The smallest absolute Gasteiger partial charge is 0.362 e. The predicted molar refractivity (Wildman–Crippen MR) is 127 cm³/mol. The van der Waals surface area contributed by atoms with Gasteiger partial charge >= 0.3 is 6.18 Å². The van der Waals surface area contributed by atoms with Crippen LogP contribution in [-0.2, 0) is 15.8 Å². The van der Waals surface area contributed by atoms with Gasteiger partial charge in [0.1, 0.15) is 0 Å². The van der Waals surface area contributed by atoms with Crippen molar-refractivity contribution in [1.29, 1.82) is 0 Å². The fourth-order valence-corrected chi connectivity index (χ4v) is 4.83. The molecule has 0 saturated carbocycles. The van der Waals surface area contributed by atoms with Gasteiger partial charge in [-0.05, 0) is 42.5 Å². The van der Waals surface area contributed by atoms with Crippen LogP contribution in [0.1, 0.15) is 50.7 Å². The average molecular weight is 499 g/mol. The lowest BCUT2D eigenvalue weighted by Gasteiger charge is -2.39. The van der Waals surface area contributed by atoms with Crippen LogP contribution >= 0.6 is 0 Å². The van der Waals surface area contributed by atoms with Crippen molar-refractivity contribution >= 4 is 23.1 Å². The van der Waals surface area contributed by atoms with Crippen molar-refractivity contribution in [2.24, 2.45) is 5.41 Å². The minimum atomic E-state index is -4.58. The summed E-state index contributed by atoms with van der Waals surface area (Å²) in [7, 11) is 0. The second kappa shape index (κ2) is 8.92. The second-order valence-corrected chi connectivity index (χ2v) is 9.81. The zero-order valence-corrected chi connectivity index (χ0v) is 19.8. The molecule has 1 amide bonds. The van der Waals surface area contributed by atoms with E-state index in [0.717, 1.165) is 12.1 Å². The number of carbonyl (C=O) groups excluding carboxylic acids is 2. The average Bonchev–Trinajstić information content (AvgIpc) is 2.76. The molecule has 10 heteroatoms. The maximum absolute atomic E-state index is 13.5. The third-order valence-electron chi connectivity index (χ3n) is 6.37. The predicted octanol–water partition coefficient (Wildman–Crippen LogP) is 5.86. The van der Waals surface area contributed by atoms with E-state index in [1.54, 1.807) is 6.92 Å². The monoisotopic (exact) mass is 499 g/mol. The van der Waals surface area contributed by atoms with Crippen molar-refractivity contribution in [1.82, 2.24) is 5.32 Å². The molecule has 0 aromatic heterocycles. The van der Waals surface area contributed by atoms with Crippen LogP contribution in [0.25, 0.3) is 0 Å². The Bertz CT molecular complexity index is 1320. The van der Waals surface area contributed by atoms with Crippen molar-refractivity contribution in [2.75, 3.05) is 5.32 Å². The van der Waals surface area contributed by atoms with E-state index in [4.69, 9.17) is 0 Å². The highest BCUT2D eigenvalue weighted by Gasteiger charge is 2.43. The Morgan fingerprint density at radius 2 is 1.81 bits per heavy atom. The van der Waals surface area contributed by atoms with Gasteiger partial charge in [-0.15, -0.1) is 0 Å². The van der Waals surface area contributed by atoms with Crippen molar-refractivity contribution in [2.45, 2.75) is 45.7 Å². The number of nitro benzene ring substituents is 1. The Kier molecular flexibility index (Phi) is 6.24. The van der Waals surface area contributed by atoms with E-state index in [0.29, 0.717) is 29.0 Å². The number of Topliss-reactive ketones (excluding diaryl/α,β-unsaturated/α-hetero) is 1. The van der Waals surface area contributed by atoms with Gasteiger partial charge in [-0.3, -0.25) is 19.7 Å². The van der Waals surface area contributed by atoms with E-state index >= 15 is 0 Å². The van der Waals surface area contributed by atoms with Crippen LogP contribution in [0.5, 0.6) is 0 Å². The Morgan fingerprint density at radius 3 is 2.42 bits per heavy atom. The number of hydrogen-bond acceptors (Lipinski definition) is 5. The summed E-state index contributed by atoms with van der Waals surface area (Å²) in [6.07, 6.45) is -3.78. The standard InChI is InChI=1S/C26H24F3N3O4/c1-14-21(24(34)31-17-6-4-5-16(11-17)26(27,28)29)22(15-7-9-18(10-8-15)32(35)36)23-19(30-14)12-25(2,3)13-20(23)33/h4-11,22,30H,12-13H2,1-3H3,(H,31,34)/t22-/m1/s1. The summed E-state index contributed by atoms with van der Waals surface area (Å²) in [6.45, 7) is 5.59. The number of anilines is 1. The quantitative estimate of drug-likeness (QED) is 0.406. The molecule has 0 bridgehead atoms. The second-order valence-electron chi connectivity index (χ2n) is 9.81. The number of amides is 1. The van der Waals surface area contributed by atoms with Crippen LogP contribution in [-0.4, -0.2) is 16.6 Å². The molecule has 0 spiro atoms. The number of allylic oxidation sites excluding steroid dienone is 3. The maximum Gasteiger partial charge on any atom is 0.416 e. The number of ketones is 1. The van der Waals surface area contributed by atoms with E-state index in [2.05, 4.69) is 10.6 Å². The molecular formula is C26H24F3N3O4. The molecule has 0 unspecified atom stereocenters. The normalized spacial score (nSPS) is 19.5. The molecule has 1 aliphatic carbocycles. The molecule has 2 aromatic carbocycles. The van der Waals surface area contributed by atoms with Gasteiger partial charge in [-0.1, -0.05) is 32.0 Å². The highest BCUT2D eigenvalue weighted by Crippen LogP contribution is 2.47. The number of carbonyl (C=O) groups is 2. The van der Waals surface area contributed by atoms with E-state index in [1.165, 1.54) is 36.4 Å². The third-order valence-corrected chi connectivity index (χ3v) is 6.37. The van der Waals surface area contributed by atoms with E-state index < -0.39 is 28.5 Å². The van der Waals surface area contributed by atoms with Crippen molar-refractivity contribution in [3.63, 3.8) is 0 Å². The number of hydrogen-bond donors (Lipinski definition) is 2. The molecule has 0 saturated heterocycles. The summed E-state index contributed by atoms with van der Waals surface area (Å²) in [5.41, 5.74) is 0.768. The molecule has 36 heavy (non-hydrogen) atoms. The van der Waals surface area contributed by atoms with E-state index in [1.807, 2.05) is 13.8 Å². The lowest BCUT2D eigenvalue weighted by Crippen LogP contribution is -2.39.